The molecule has 1 fully saturated rings. The summed E-state index contributed by atoms with van der Waals surface area (Å²) in [5.41, 5.74) is 1.07. The summed E-state index contributed by atoms with van der Waals surface area (Å²) in [6, 6.07) is 2.68. The van der Waals surface area contributed by atoms with Crippen LogP contribution in [0.3, 0.4) is 0 Å². The lowest BCUT2D eigenvalue weighted by Gasteiger charge is -2.21. The monoisotopic (exact) mass is 194 g/mol. The van der Waals surface area contributed by atoms with Gasteiger partial charge in [-0.2, -0.15) is 0 Å². The van der Waals surface area contributed by atoms with Crippen molar-refractivity contribution in [3.05, 3.63) is 17.5 Å². The van der Waals surface area contributed by atoms with Crippen LogP contribution in [0.25, 0.3) is 0 Å². The number of hydrogen-bond acceptors (Lipinski definition) is 3. The number of nitrogens with one attached hydrogen (secondary N) is 1. The molecule has 2 rings (SSSR count). The molecule has 1 saturated heterocycles. The van der Waals surface area contributed by atoms with Gasteiger partial charge in [0.2, 0.25) is 0 Å². The Bertz CT molecular complexity index is 277. The van der Waals surface area contributed by atoms with Crippen LogP contribution in [0.2, 0.25) is 0 Å². The third-order valence-corrected chi connectivity index (χ3v) is 2.83. The molecule has 0 radical (unpaired) electrons. The number of piperidine rings is 1. The maximum atomic E-state index is 5.27. The molecular formula is C11H18N2O. The molecule has 0 spiro atoms. The first-order chi connectivity index (χ1) is 6.88. The molecule has 14 heavy (non-hydrogen) atoms. The van der Waals surface area contributed by atoms with Gasteiger partial charge in [0.15, 0.2) is 0 Å². The quantitative estimate of drug-likeness (QED) is 0.799. The standard InChI is InChI=1S/C11H18N2O/c1-2-9-7-11(14-13-9)8-10-5-3-4-6-12-10/h7,10,12H,2-6,8H2,1H3. The van der Waals surface area contributed by atoms with Crippen LogP contribution in [0, 0.1) is 0 Å². The second-order valence-electron chi connectivity index (χ2n) is 3.99. The van der Waals surface area contributed by atoms with E-state index >= 15 is 0 Å². The minimum Gasteiger partial charge on any atom is -0.361 e. The second kappa shape index (κ2) is 4.60. The Morgan fingerprint density at radius 3 is 3.14 bits per heavy atom. The molecule has 0 bridgehead atoms. The summed E-state index contributed by atoms with van der Waals surface area (Å²) in [7, 11) is 0. The van der Waals surface area contributed by atoms with Crippen LogP contribution in [0.5, 0.6) is 0 Å². The molecule has 1 aliphatic rings. The molecule has 1 unspecified atom stereocenters. The summed E-state index contributed by atoms with van der Waals surface area (Å²) in [5, 5.41) is 7.50. The summed E-state index contributed by atoms with van der Waals surface area (Å²) in [6.07, 6.45) is 5.87. The molecule has 1 aromatic heterocycles. The van der Waals surface area contributed by atoms with Gasteiger partial charge in [-0.1, -0.05) is 18.5 Å². The van der Waals surface area contributed by atoms with Gasteiger partial charge in [0.25, 0.3) is 0 Å². The van der Waals surface area contributed by atoms with Crippen LogP contribution in [0.1, 0.15) is 37.6 Å². The van der Waals surface area contributed by atoms with Crippen molar-refractivity contribution in [2.45, 2.75) is 45.1 Å². The maximum Gasteiger partial charge on any atom is 0.138 e. The Kier molecular flexibility index (Phi) is 3.19. The number of nitrogens with zero attached hydrogens (tertiary/aromatic N) is 1. The number of aromatic nitrogens is 1. The first kappa shape index (κ1) is 9.71. The van der Waals surface area contributed by atoms with Crippen LogP contribution in [0.4, 0.5) is 0 Å². The fraction of sp³-hybridized carbons (Fsp3) is 0.727. The van der Waals surface area contributed by atoms with Crippen molar-refractivity contribution < 1.29 is 4.52 Å². The van der Waals surface area contributed by atoms with Crippen molar-refractivity contribution in [2.24, 2.45) is 0 Å². The van der Waals surface area contributed by atoms with Crippen molar-refractivity contribution in [3.8, 4) is 0 Å². The van der Waals surface area contributed by atoms with Crippen LogP contribution in [-0.2, 0) is 12.8 Å². The Labute approximate surface area is 84.9 Å². The van der Waals surface area contributed by atoms with E-state index in [1.54, 1.807) is 0 Å². The van der Waals surface area contributed by atoms with Crippen LogP contribution in [0.15, 0.2) is 10.6 Å². The summed E-state index contributed by atoms with van der Waals surface area (Å²) >= 11 is 0. The Morgan fingerprint density at radius 1 is 1.57 bits per heavy atom. The molecule has 1 atom stereocenters. The van der Waals surface area contributed by atoms with Crippen molar-refractivity contribution in [1.82, 2.24) is 10.5 Å². The second-order valence-corrected chi connectivity index (χ2v) is 3.99. The smallest absolute Gasteiger partial charge is 0.138 e. The first-order valence-electron chi connectivity index (χ1n) is 5.56. The Morgan fingerprint density at radius 2 is 2.50 bits per heavy atom. The average Bonchev–Trinajstić information content (AvgIpc) is 2.67. The Balaban J connectivity index is 1.89. The minimum atomic E-state index is 0.599. The van der Waals surface area contributed by atoms with E-state index < -0.39 is 0 Å². The molecule has 1 N–H and O–H groups in total. The van der Waals surface area contributed by atoms with Crippen LogP contribution in [-0.4, -0.2) is 17.7 Å². The van der Waals surface area contributed by atoms with Gasteiger partial charge < -0.3 is 9.84 Å². The SMILES string of the molecule is CCc1cc(CC2CCCCN2)on1. The van der Waals surface area contributed by atoms with Crippen molar-refractivity contribution in [3.63, 3.8) is 0 Å². The molecule has 1 aliphatic heterocycles. The van der Waals surface area contributed by atoms with E-state index in [0.717, 1.165) is 30.8 Å². The highest BCUT2D eigenvalue weighted by Gasteiger charge is 2.15. The third-order valence-electron chi connectivity index (χ3n) is 2.83. The molecule has 2 heterocycles. The van der Waals surface area contributed by atoms with Gasteiger partial charge in [0, 0.05) is 18.5 Å². The number of rotatable bonds is 3. The van der Waals surface area contributed by atoms with Gasteiger partial charge in [0.1, 0.15) is 5.76 Å². The van der Waals surface area contributed by atoms with Crippen LogP contribution < -0.4 is 5.32 Å². The van der Waals surface area contributed by atoms with E-state index in [9.17, 15) is 0 Å². The molecule has 0 saturated carbocycles. The van der Waals surface area contributed by atoms with E-state index in [4.69, 9.17) is 4.52 Å². The third kappa shape index (κ3) is 2.35. The molecule has 1 aromatic rings. The fourth-order valence-electron chi connectivity index (χ4n) is 1.96. The van der Waals surface area contributed by atoms with Crippen LogP contribution >= 0.6 is 0 Å². The first-order valence-corrected chi connectivity index (χ1v) is 5.56. The molecular weight excluding hydrogens is 176 g/mol. The molecule has 0 amide bonds. The predicted octanol–water partition coefficient (Wildman–Crippen LogP) is 1.92. The molecule has 0 aliphatic carbocycles. The fourth-order valence-corrected chi connectivity index (χ4v) is 1.96. The lowest BCUT2D eigenvalue weighted by molar-refractivity contribution is 0.334. The molecule has 0 aromatic carbocycles. The summed E-state index contributed by atoms with van der Waals surface area (Å²) in [4.78, 5) is 0. The van der Waals surface area contributed by atoms with Gasteiger partial charge in [-0.05, 0) is 25.8 Å². The summed E-state index contributed by atoms with van der Waals surface area (Å²) in [6.45, 7) is 3.25. The van der Waals surface area contributed by atoms with E-state index in [-0.39, 0.29) is 0 Å². The van der Waals surface area contributed by atoms with Crippen molar-refractivity contribution >= 4 is 0 Å². The van der Waals surface area contributed by atoms with Gasteiger partial charge in [-0.3, -0.25) is 0 Å². The number of aryl methyl sites for hydroxylation is 1. The van der Waals surface area contributed by atoms with Gasteiger partial charge in [0.05, 0.1) is 5.69 Å². The van der Waals surface area contributed by atoms with Gasteiger partial charge in [-0.25, -0.2) is 0 Å². The molecule has 78 valence electrons. The highest BCUT2D eigenvalue weighted by molar-refractivity contribution is 5.06. The van der Waals surface area contributed by atoms with E-state index in [1.165, 1.54) is 19.3 Å². The topological polar surface area (TPSA) is 38.1 Å². The zero-order chi connectivity index (χ0) is 9.80. The zero-order valence-corrected chi connectivity index (χ0v) is 8.75. The van der Waals surface area contributed by atoms with E-state index in [2.05, 4.69) is 23.5 Å². The van der Waals surface area contributed by atoms with E-state index in [0.29, 0.717) is 6.04 Å². The highest BCUT2D eigenvalue weighted by atomic mass is 16.5. The van der Waals surface area contributed by atoms with Crippen molar-refractivity contribution in [1.29, 1.82) is 0 Å². The van der Waals surface area contributed by atoms with Crippen molar-refractivity contribution in [2.75, 3.05) is 6.54 Å². The predicted molar refractivity (Wildman–Crippen MR) is 55.2 cm³/mol. The summed E-state index contributed by atoms with van der Waals surface area (Å²) in [5.74, 6) is 1.03. The largest absolute Gasteiger partial charge is 0.361 e. The molecule has 3 heteroatoms. The van der Waals surface area contributed by atoms with Gasteiger partial charge >= 0.3 is 0 Å². The molecule has 3 nitrogen and oxygen atoms in total. The lowest BCUT2D eigenvalue weighted by atomic mass is 10.0. The number of hydrogen-bond donors (Lipinski definition) is 1. The zero-order valence-electron chi connectivity index (χ0n) is 8.75. The Hall–Kier alpha value is -0.830. The summed E-state index contributed by atoms with van der Waals surface area (Å²) < 4.78 is 5.27. The average molecular weight is 194 g/mol. The van der Waals surface area contributed by atoms with Gasteiger partial charge in [-0.15, -0.1) is 0 Å². The lowest BCUT2D eigenvalue weighted by Crippen LogP contribution is -2.35. The highest BCUT2D eigenvalue weighted by Crippen LogP contribution is 2.13. The minimum absolute atomic E-state index is 0.599. The van der Waals surface area contributed by atoms with E-state index in [1.807, 2.05) is 0 Å². The normalized spacial score (nSPS) is 22.5. The maximum absolute atomic E-state index is 5.27.